The Bertz CT molecular complexity index is 5070. The molecule has 104 heavy (non-hydrogen) atoms. The van der Waals surface area contributed by atoms with Gasteiger partial charge in [0.15, 0.2) is 0 Å². The van der Waals surface area contributed by atoms with Crippen LogP contribution in [0.4, 0.5) is 17.5 Å². The molecule has 3 aromatic carbocycles. The summed E-state index contributed by atoms with van der Waals surface area (Å²) < 4.78 is 0. The van der Waals surface area contributed by atoms with Crippen LogP contribution in [-0.2, 0) is 48.6 Å². The van der Waals surface area contributed by atoms with E-state index in [1.165, 1.54) is 18.6 Å². The molecule has 12 rings (SSSR count). The van der Waals surface area contributed by atoms with E-state index in [1.807, 2.05) is 39.0 Å². The van der Waals surface area contributed by atoms with Gasteiger partial charge in [0, 0.05) is 145 Å². The van der Waals surface area contributed by atoms with Gasteiger partial charge in [0.05, 0.1) is 48.3 Å². The molecule has 0 saturated heterocycles. The molecule has 0 radical (unpaired) electrons. The summed E-state index contributed by atoms with van der Waals surface area (Å²) in [5, 5.41) is 30.2. The zero-order valence-corrected chi connectivity index (χ0v) is 65.2. The summed E-state index contributed by atoms with van der Waals surface area (Å²) in [6.45, 7) is 6.57. The van der Waals surface area contributed by atoms with E-state index in [4.69, 9.17) is 73.5 Å². The number of benzene rings is 3. The van der Waals surface area contributed by atoms with Crippen LogP contribution in [0.1, 0.15) is 126 Å². The van der Waals surface area contributed by atoms with E-state index < -0.39 is 11.8 Å². The smallest absolute Gasteiger partial charge is 1.00 e. The van der Waals surface area contributed by atoms with Gasteiger partial charge >= 0.3 is 103 Å². The number of fused-ring (bicyclic) bond motifs is 3. The second kappa shape index (κ2) is 38.9. The summed E-state index contributed by atoms with van der Waals surface area (Å²) in [4.78, 5) is 111. The Labute approximate surface area is 697 Å². The third kappa shape index (κ3) is 22.8. The third-order valence-corrected chi connectivity index (χ3v) is 16.2. The molecule has 0 aliphatic heterocycles. The zero-order valence-electron chi connectivity index (χ0n) is 57.7. The van der Waals surface area contributed by atoms with Gasteiger partial charge < -0.3 is 56.2 Å². The molecular weight excluding hydrogens is 1440 g/mol. The first-order chi connectivity index (χ1) is 48.9. The predicted molar refractivity (Wildman–Crippen MR) is 385 cm³/mol. The molecule has 0 aliphatic carbocycles. The molecule has 26 nitrogen and oxygen atoms in total. The number of aromatic nitrogens is 9. The average molecular weight is 1500 g/mol. The Hall–Kier alpha value is -9.40. The number of primary amides is 2. The quantitative estimate of drug-likeness (QED) is 0.0265. The van der Waals surface area contributed by atoms with Crippen LogP contribution < -0.4 is 153 Å². The first kappa shape index (κ1) is 81.9. The van der Waals surface area contributed by atoms with Gasteiger partial charge in [-0.3, -0.25) is 58.7 Å². The number of carbonyl (C=O) groups excluding carboxylic acids is 6. The molecule has 9 aromatic heterocycles. The van der Waals surface area contributed by atoms with Gasteiger partial charge in [-0.05, 0) is 180 Å². The summed E-state index contributed by atoms with van der Waals surface area (Å²) in [5.41, 5.74) is 42.3. The molecule has 0 spiro atoms. The van der Waals surface area contributed by atoms with E-state index in [-0.39, 0.29) is 128 Å². The third-order valence-electron chi connectivity index (χ3n) is 15.6. The van der Waals surface area contributed by atoms with Crippen molar-refractivity contribution in [2.75, 3.05) is 17.2 Å². The molecule has 12 aromatic rings. The summed E-state index contributed by atoms with van der Waals surface area (Å²) in [6.07, 6.45) is 15.4. The van der Waals surface area contributed by atoms with Gasteiger partial charge in [0.2, 0.25) is 0 Å². The fraction of sp³-hybridized carbons (Fsp3) is 0.123. The topological polar surface area (TPSA) is 441 Å². The van der Waals surface area contributed by atoms with E-state index in [2.05, 4.69) is 71.8 Å². The SMILES string of the molecule is Cc1cc(N)ncc1CNC(=O)c1ccnc(Cc2cc(C#N)c3ncc(Cl)cc3c2)c1.Cc1cc(N)ncc1CNC(=O)c1ccnc(Cc2cc(C(N)=O)c3ncc(Cl)cc3c2)c1.Cc1cc(N)ncc1CNC(=O)c1ccnc(Cc2cc(C(N)=O)c3ncc(Cl)cc3c2)c1.O=CO[O-].[H-].[K+].[K+]. The first-order valence-corrected chi connectivity index (χ1v) is 31.9. The van der Waals surface area contributed by atoms with Gasteiger partial charge in [0.1, 0.15) is 23.5 Å². The zero-order chi connectivity index (χ0) is 73.1. The second-order valence-corrected chi connectivity index (χ2v) is 24.2. The van der Waals surface area contributed by atoms with Crippen LogP contribution in [0.5, 0.6) is 0 Å². The maximum Gasteiger partial charge on any atom is 1.00 e. The van der Waals surface area contributed by atoms with Crippen molar-refractivity contribution >= 4 is 121 Å². The first-order valence-electron chi connectivity index (χ1n) is 30.7. The van der Waals surface area contributed by atoms with E-state index in [0.29, 0.717) is 149 Å². The van der Waals surface area contributed by atoms with Crippen molar-refractivity contribution in [2.24, 2.45) is 11.5 Å². The van der Waals surface area contributed by atoms with Crippen molar-refractivity contribution in [3.63, 3.8) is 0 Å². The van der Waals surface area contributed by atoms with Crippen LogP contribution >= 0.6 is 34.8 Å². The van der Waals surface area contributed by atoms with Gasteiger partial charge in [0.25, 0.3) is 36.0 Å². The Morgan fingerprint density at radius 2 is 0.779 bits per heavy atom. The summed E-state index contributed by atoms with van der Waals surface area (Å²) in [5.74, 6) is -0.514. The minimum Gasteiger partial charge on any atom is -1.00 e. The normalized spacial score (nSPS) is 10.4. The number of nitrogens with two attached hydrogens (primary N) is 5. The number of nitriles is 1. The van der Waals surface area contributed by atoms with E-state index in [0.717, 1.165) is 55.5 Å². The van der Waals surface area contributed by atoms with Gasteiger partial charge in [-0.1, -0.05) is 34.8 Å². The predicted octanol–water partition coefficient (Wildman–Crippen LogP) is 2.89. The standard InChI is InChI=1S/2C24H21ClN6O2.C24H19ClN6O.CH2O3.2K.H/c2*1-13-4-21(26)29-10-17(13)11-31-24(33)15-2-3-28-19(9-15)6-14-5-16-8-18(25)12-30-22(16)20(7-14)23(27)32;1-14-4-22(27)29-11-19(14)12-31-24(32)16-2-3-28-21(9-16)7-15-5-17-8-20(25)13-30-23(17)18(6-15)10-26;2-1-4-3;;;/h2*2-5,7-10,12H,6,11H2,1H3,(H2,26,29)(H2,27,32)(H,31,33);2-6,8-9,11,13H,7,12H2,1H3,(H2,27,29)(H,31,32);1,3H;;;/q;;;;2*+1;-1/p-1. The van der Waals surface area contributed by atoms with Gasteiger partial charge in [-0.25, -0.2) is 15.0 Å². The van der Waals surface area contributed by atoms with E-state index in [1.54, 1.807) is 128 Å². The van der Waals surface area contributed by atoms with Crippen LogP contribution in [0.3, 0.4) is 0 Å². The number of nitrogens with zero attached hydrogens (tertiary/aromatic N) is 10. The minimum atomic E-state index is -0.579. The van der Waals surface area contributed by atoms with Crippen molar-refractivity contribution in [3.05, 3.63) is 281 Å². The van der Waals surface area contributed by atoms with Crippen LogP contribution in [0.2, 0.25) is 15.1 Å². The molecule has 0 unspecified atom stereocenters. The van der Waals surface area contributed by atoms with Crippen molar-refractivity contribution in [1.82, 2.24) is 60.8 Å². The number of nitrogens with one attached hydrogen (secondary N) is 3. The number of nitrogen functional groups attached to an aromatic ring is 3. The number of pyridine rings is 9. The number of hydrogen-bond acceptors (Lipinski definition) is 21. The van der Waals surface area contributed by atoms with Crippen LogP contribution in [-0.4, -0.2) is 80.9 Å². The molecule has 31 heteroatoms. The van der Waals surface area contributed by atoms with Crippen molar-refractivity contribution in [2.45, 2.75) is 59.7 Å². The summed E-state index contributed by atoms with van der Waals surface area (Å²) in [7, 11) is 0. The van der Waals surface area contributed by atoms with Crippen molar-refractivity contribution in [1.29, 1.82) is 5.26 Å². The van der Waals surface area contributed by atoms with Crippen molar-refractivity contribution < 1.29 is 143 Å². The van der Waals surface area contributed by atoms with Crippen LogP contribution in [0, 0.1) is 32.1 Å². The number of halogens is 3. The van der Waals surface area contributed by atoms with Crippen LogP contribution in [0.15, 0.2) is 165 Å². The molecule has 0 fully saturated rings. The molecule has 0 aliphatic rings. The van der Waals surface area contributed by atoms with E-state index in [9.17, 15) is 29.2 Å². The number of hydrogen-bond donors (Lipinski definition) is 8. The number of amides is 5. The Morgan fingerprint density at radius 1 is 0.471 bits per heavy atom. The molecule has 0 bridgehead atoms. The van der Waals surface area contributed by atoms with Crippen molar-refractivity contribution in [3.8, 4) is 6.07 Å². The Kier molecular flexibility index (Phi) is 30.7. The number of rotatable bonds is 18. The number of anilines is 3. The molecule has 0 saturated carbocycles. The largest absolute Gasteiger partial charge is 1.00 e. The molecule has 9 heterocycles. The molecule has 0 atom stereocenters. The maximum atomic E-state index is 12.7. The monoisotopic (exact) mass is 1500 g/mol. The summed E-state index contributed by atoms with van der Waals surface area (Å²) in [6, 6.07) is 33.7. The Morgan fingerprint density at radius 3 is 1.08 bits per heavy atom. The molecule has 13 N–H and O–H groups in total. The molecule has 516 valence electrons. The maximum absolute atomic E-state index is 12.7. The number of aryl methyl sites for hydroxylation is 3. The van der Waals surface area contributed by atoms with Gasteiger partial charge in [-0.15, -0.1) is 0 Å². The average Bonchev–Trinajstić information content (AvgIpc) is 0.797. The molecule has 5 amide bonds. The van der Waals surface area contributed by atoms with E-state index >= 15 is 0 Å². The Balaban J connectivity index is 0.000000237. The minimum absolute atomic E-state index is 0. The van der Waals surface area contributed by atoms with Crippen LogP contribution in [0.25, 0.3) is 32.7 Å². The second-order valence-electron chi connectivity index (χ2n) is 22.9. The summed E-state index contributed by atoms with van der Waals surface area (Å²) >= 11 is 18.2. The van der Waals surface area contributed by atoms with Gasteiger partial charge in [-0.2, -0.15) is 5.26 Å². The molecular formula is C73H63Cl3K2N18O8. The fourth-order valence-corrected chi connectivity index (χ4v) is 11.1. The number of carbonyl (C=O) groups is 6. The fourth-order valence-electron chi connectivity index (χ4n) is 10.6.